The van der Waals surface area contributed by atoms with Gasteiger partial charge in [-0.05, 0) is 51.1 Å². The van der Waals surface area contributed by atoms with E-state index >= 15 is 0 Å². The van der Waals surface area contributed by atoms with Gasteiger partial charge in [-0.2, -0.15) is 9.97 Å². The van der Waals surface area contributed by atoms with Crippen molar-refractivity contribution in [3.8, 4) is 5.95 Å². The summed E-state index contributed by atoms with van der Waals surface area (Å²) in [5.74, 6) is 3.28. The molecule has 5 heterocycles. The van der Waals surface area contributed by atoms with Crippen molar-refractivity contribution in [3.05, 3.63) is 41.5 Å². The zero-order chi connectivity index (χ0) is 22.4. The number of aromatic nitrogens is 6. The number of rotatable bonds is 3. The number of nitrogens with one attached hydrogen (secondary N) is 1. The van der Waals surface area contributed by atoms with E-state index in [0.29, 0.717) is 19.2 Å². The number of piperidine rings is 1. The topological polar surface area (TPSA) is 85.9 Å². The molecule has 2 fully saturated rings. The van der Waals surface area contributed by atoms with Gasteiger partial charge in [0.05, 0.1) is 24.2 Å². The van der Waals surface area contributed by atoms with Crippen molar-refractivity contribution in [1.29, 1.82) is 0 Å². The summed E-state index contributed by atoms with van der Waals surface area (Å²) in [4.78, 5) is 22.1. The minimum atomic E-state index is 0.624. The number of nitrogens with zero attached hydrogens (tertiary/aromatic N) is 7. The zero-order valence-electron chi connectivity index (χ0n) is 19.1. The summed E-state index contributed by atoms with van der Waals surface area (Å²) in [7, 11) is 2.04. The molecule has 33 heavy (non-hydrogen) atoms. The van der Waals surface area contributed by atoms with Gasteiger partial charge >= 0.3 is 0 Å². The molecule has 1 N–H and O–H groups in total. The van der Waals surface area contributed by atoms with Gasteiger partial charge in [0.2, 0.25) is 5.95 Å². The quantitative estimate of drug-likeness (QED) is 0.520. The van der Waals surface area contributed by atoms with E-state index in [2.05, 4.69) is 26.9 Å². The Balaban J connectivity index is 1.56. The van der Waals surface area contributed by atoms with Crippen LogP contribution in [0.25, 0.3) is 34.2 Å². The molecular weight excluding hydrogens is 416 g/mol. The second-order valence-electron chi connectivity index (χ2n) is 8.68. The first-order chi connectivity index (χ1) is 16.2. The zero-order valence-corrected chi connectivity index (χ0v) is 19.1. The van der Waals surface area contributed by atoms with Gasteiger partial charge in [0.15, 0.2) is 17.0 Å². The number of benzene rings is 1. The average Bonchev–Trinajstić information content (AvgIpc) is 3.35. The molecule has 0 bridgehead atoms. The smallest absolute Gasteiger partial charge is 0.239 e. The molecule has 0 amide bonds. The second-order valence-corrected chi connectivity index (χ2v) is 8.68. The SMILES string of the molecule is Cc1nc2ccccc2n1-c1nc(N2CCOCC2)c2nc(C=C3CCNCC3)n(C)c2n1. The molecule has 0 saturated carbocycles. The molecule has 0 aliphatic carbocycles. The Morgan fingerprint density at radius 1 is 1.00 bits per heavy atom. The summed E-state index contributed by atoms with van der Waals surface area (Å²) < 4.78 is 9.73. The van der Waals surface area contributed by atoms with E-state index in [4.69, 9.17) is 24.7 Å². The van der Waals surface area contributed by atoms with Crippen LogP contribution in [-0.4, -0.2) is 68.5 Å². The van der Waals surface area contributed by atoms with Crippen molar-refractivity contribution in [1.82, 2.24) is 34.4 Å². The molecule has 1 aromatic carbocycles. The summed E-state index contributed by atoms with van der Waals surface area (Å²) in [6, 6.07) is 8.11. The third-order valence-corrected chi connectivity index (χ3v) is 6.54. The molecule has 4 aromatic rings. The van der Waals surface area contributed by atoms with Crippen molar-refractivity contribution >= 4 is 34.1 Å². The van der Waals surface area contributed by atoms with Gasteiger partial charge in [0.1, 0.15) is 11.6 Å². The summed E-state index contributed by atoms with van der Waals surface area (Å²) in [5, 5.41) is 3.42. The van der Waals surface area contributed by atoms with Crippen LogP contribution >= 0.6 is 0 Å². The highest BCUT2D eigenvalue weighted by atomic mass is 16.5. The van der Waals surface area contributed by atoms with Crippen LogP contribution in [0.3, 0.4) is 0 Å². The molecular formula is C24H28N8O. The molecule has 9 nitrogen and oxygen atoms in total. The van der Waals surface area contributed by atoms with E-state index in [1.807, 2.05) is 36.7 Å². The fourth-order valence-electron chi connectivity index (χ4n) is 4.75. The van der Waals surface area contributed by atoms with Crippen LogP contribution in [0, 0.1) is 6.92 Å². The summed E-state index contributed by atoms with van der Waals surface area (Å²) in [5.41, 5.74) is 5.03. The number of ether oxygens (including phenoxy) is 1. The van der Waals surface area contributed by atoms with E-state index in [-0.39, 0.29) is 0 Å². The summed E-state index contributed by atoms with van der Waals surface area (Å²) in [6.07, 6.45) is 4.33. The molecule has 0 atom stereocenters. The number of para-hydroxylation sites is 2. The lowest BCUT2D eigenvalue weighted by Gasteiger charge is -2.28. The highest BCUT2D eigenvalue weighted by molar-refractivity contribution is 5.87. The first-order valence-electron chi connectivity index (χ1n) is 11.6. The normalized spacial score (nSPS) is 17.3. The highest BCUT2D eigenvalue weighted by Gasteiger charge is 2.23. The number of anilines is 1. The minimum absolute atomic E-state index is 0.624. The Labute approximate surface area is 192 Å². The molecule has 0 radical (unpaired) electrons. The number of hydrogen-bond acceptors (Lipinski definition) is 7. The highest BCUT2D eigenvalue weighted by Crippen LogP contribution is 2.29. The van der Waals surface area contributed by atoms with E-state index in [1.165, 1.54) is 5.57 Å². The van der Waals surface area contributed by atoms with Gasteiger partial charge in [-0.1, -0.05) is 17.7 Å². The Kier molecular flexibility index (Phi) is 5.07. The number of morpholine rings is 1. The molecule has 170 valence electrons. The number of imidazole rings is 2. The van der Waals surface area contributed by atoms with Gasteiger partial charge in [-0.15, -0.1) is 0 Å². The lowest BCUT2D eigenvalue weighted by Crippen LogP contribution is -2.37. The third kappa shape index (κ3) is 3.57. The van der Waals surface area contributed by atoms with Crippen LogP contribution in [0.5, 0.6) is 0 Å². The van der Waals surface area contributed by atoms with Crippen molar-refractivity contribution in [2.24, 2.45) is 7.05 Å². The monoisotopic (exact) mass is 444 g/mol. The van der Waals surface area contributed by atoms with Gasteiger partial charge in [-0.25, -0.2) is 9.97 Å². The predicted molar refractivity (Wildman–Crippen MR) is 129 cm³/mol. The van der Waals surface area contributed by atoms with Gasteiger partial charge in [0, 0.05) is 20.1 Å². The van der Waals surface area contributed by atoms with Crippen molar-refractivity contribution in [3.63, 3.8) is 0 Å². The Morgan fingerprint density at radius 3 is 2.61 bits per heavy atom. The maximum Gasteiger partial charge on any atom is 0.239 e. The van der Waals surface area contributed by atoms with Crippen molar-refractivity contribution in [2.45, 2.75) is 19.8 Å². The van der Waals surface area contributed by atoms with E-state index in [9.17, 15) is 0 Å². The fraction of sp³-hybridized carbons (Fsp3) is 0.417. The van der Waals surface area contributed by atoms with Crippen molar-refractivity contribution < 1.29 is 4.74 Å². The lowest BCUT2D eigenvalue weighted by atomic mass is 10.1. The molecule has 0 unspecified atom stereocenters. The predicted octanol–water partition coefficient (Wildman–Crippen LogP) is 2.61. The van der Waals surface area contributed by atoms with Crippen LogP contribution in [0.4, 0.5) is 5.82 Å². The van der Waals surface area contributed by atoms with Crippen LogP contribution in [0.15, 0.2) is 29.8 Å². The van der Waals surface area contributed by atoms with Crippen LogP contribution < -0.4 is 10.2 Å². The molecule has 0 spiro atoms. The average molecular weight is 445 g/mol. The molecule has 2 saturated heterocycles. The largest absolute Gasteiger partial charge is 0.378 e. The lowest BCUT2D eigenvalue weighted by molar-refractivity contribution is 0.122. The Hall–Kier alpha value is -3.30. The number of hydrogen-bond donors (Lipinski definition) is 1. The van der Waals surface area contributed by atoms with Crippen LogP contribution in [0.1, 0.15) is 24.5 Å². The standard InChI is InChI=1S/C24H28N8O/c1-16-26-18-5-3-4-6-19(18)32(16)24-28-22-21(23(29-24)31-11-13-33-14-12-31)27-20(30(22)2)15-17-7-9-25-10-8-17/h3-6,15,25H,7-14H2,1-2H3. The molecule has 2 aliphatic heterocycles. The first kappa shape index (κ1) is 20.3. The fourth-order valence-corrected chi connectivity index (χ4v) is 4.75. The number of fused-ring (bicyclic) bond motifs is 2. The van der Waals surface area contributed by atoms with Crippen molar-refractivity contribution in [2.75, 3.05) is 44.3 Å². The van der Waals surface area contributed by atoms with Gasteiger partial charge in [0.25, 0.3) is 0 Å². The van der Waals surface area contributed by atoms with E-state index < -0.39 is 0 Å². The van der Waals surface area contributed by atoms with Gasteiger partial charge < -0.3 is 19.5 Å². The molecule has 6 rings (SSSR count). The van der Waals surface area contributed by atoms with Crippen LogP contribution in [-0.2, 0) is 11.8 Å². The summed E-state index contributed by atoms with van der Waals surface area (Å²) >= 11 is 0. The van der Waals surface area contributed by atoms with Crippen LogP contribution in [0.2, 0.25) is 0 Å². The van der Waals surface area contributed by atoms with Gasteiger partial charge in [-0.3, -0.25) is 4.57 Å². The first-order valence-corrected chi connectivity index (χ1v) is 11.6. The minimum Gasteiger partial charge on any atom is -0.378 e. The molecule has 3 aromatic heterocycles. The Bertz CT molecular complexity index is 1350. The van der Waals surface area contributed by atoms with E-state index in [0.717, 1.165) is 78.7 Å². The summed E-state index contributed by atoms with van der Waals surface area (Å²) in [6.45, 7) is 6.98. The molecule has 2 aliphatic rings. The maximum atomic E-state index is 5.60. The Morgan fingerprint density at radius 2 is 1.79 bits per heavy atom. The maximum absolute atomic E-state index is 5.60. The number of aryl methyl sites for hydroxylation is 2. The second kappa shape index (κ2) is 8.24. The van der Waals surface area contributed by atoms with E-state index in [1.54, 1.807) is 0 Å². The molecule has 9 heteroatoms. The third-order valence-electron chi connectivity index (χ3n) is 6.54.